The predicted molar refractivity (Wildman–Crippen MR) is 149 cm³/mol. The minimum atomic E-state index is -0.525. The molecule has 1 amide bonds. The molecule has 1 fully saturated rings. The van der Waals surface area contributed by atoms with Crippen molar-refractivity contribution in [2.75, 3.05) is 38.4 Å². The van der Waals surface area contributed by atoms with Gasteiger partial charge < -0.3 is 24.0 Å². The Hall–Kier alpha value is -3.99. The summed E-state index contributed by atoms with van der Waals surface area (Å²) in [6, 6.07) is 5.86. The molecule has 1 atom stereocenters. The quantitative estimate of drug-likeness (QED) is 0.347. The molecule has 1 aromatic carbocycles. The summed E-state index contributed by atoms with van der Waals surface area (Å²) in [4.78, 5) is 30.8. The van der Waals surface area contributed by atoms with E-state index in [1.165, 1.54) is 0 Å². The van der Waals surface area contributed by atoms with E-state index < -0.39 is 5.60 Å². The lowest BCUT2D eigenvalue weighted by atomic mass is 10.0. The number of ether oxygens (including phenoxy) is 3. The molecule has 206 valence electrons. The molecule has 1 unspecified atom stereocenters. The molecule has 11 heteroatoms. The summed E-state index contributed by atoms with van der Waals surface area (Å²) in [7, 11) is 3.49. The maximum Gasteiger partial charge on any atom is 0.410 e. The lowest BCUT2D eigenvalue weighted by molar-refractivity contribution is 0.0158. The van der Waals surface area contributed by atoms with Gasteiger partial charge in [-0.1, -0.05) is 0 Å². The Labute approximate surface area is 227 Å². The Morgan fingerprint density at radius 2 is 1.97 bits per heavy atom. The second-order valence-corrected chi connectivity index (χ2v) is 10.9. The van der Waals surface area contributed by atoms with Crippen LogP contribution < -0.4 is 9.64 Å². The number of amides is 1. The minimum Gasteiger partial charge on any atom is -0.466 e. The maximum absolute atomic E-state index is 12.6. The Bertz CT molecular complexity index is 1530. The maximum atomic E-state index is 12.6. The van der Waals surface area contributed by atoms with Gasteiger partial charge in [-0.15, -0.1) is 0 Å². The van der Waals surface area contributed by atoms with Gasteiger partial charge in [0.2, 0.25) is 0 Å². The van der Waals surface area contributed by atoms with Crippen LogP contribution in [0, 0.1) is 6.92 Å². The van der Waals surface area contributed by atoms with Crippen LogP contribution in [0.3, 0.4) is 0 Å². The van der Waals surface area contributed by atoms with Crippen molar-refractivity contribution in [1.82, 2.24) is 29.6 Å². The molecule has 5 rings (SSSR count). The van der Waals surface area contributed by atoms with E-state index in [1.807, 2.05) is 66.1 Å². The smallest absolute Gasteiger partial charge is 0.410 e. The van der Waals surface area contributed by atoms with Crippen LogP contribution in [-0.4, -0.2) is 80.9 Å². The van der Waals surface area contributed by atoms with Gasteiger partial charge >= 0.3 is 6.09 Å². The van der Waals surface area contributed by atoms with Crippen molar-refractivity contribution < 1.29 is 19.0 Å². The summed E-state index contributed by atoms with van der Waals surface area (Å²) in [5, 5.41) is 5.57. The van der Waals surface area contributed by atoms with E-state index in [0.29, 0.717) is 36.5 Å². The van der Waals surface area contributed by atoms with Gasteiger partial charge in [0.15, 0.2) is 12.4 Å². The number of piperazine rings is 1. The Kier molecular flexibility index (Phi) is 7.02. The normalized spacial score (nSPS) is 16.2. The molecule has 0 bridgehead atoms. The van der Waals surface area contributed by atoms with Crippen LogP contribution in [0.4, 0.5) is 10.6 Å². The number of hydrogen-bond donors (Lipinski definition) is 0. The zero-order valence-electron chi connectivity index (χ0n) is 23.6. The molecule has 0 saturated carbocycles. The molecule has 0 aliphatic carbocycles. The molecule has 0 radical (unpaired) electrons. The van der Waals surface area contributed by atoms with E-state index in [9.17, 15) is 4.79 Å². The van der Waals surface area contributed by atoms with E-state index in [2.05, 4.69) is 15.0 Å². The Morgan fingerprint density at radius 1 is 1.18 bits per heavy atom. The van der Waals surface area contributed by atoms with Gasteiger partial charge in [-0.25, -0.2) is 19.7 Å². The van der Waals surface area contributed by atoms with Gasteiger partial charge in [0.05, 0.1) is 17.4 Å². The number of pyridine rings is 1. The third kappa shape index (κ3) is 5.44. The van der Waals surface area contributed by atoms with E-state index in [4.69, 9.17) is 24.2 Å². The number of aromatic nitrogens is 5. The molecule has 1 aliphatic rings. The van der Waals surface area contributed by atoms with Crippen LogP contribution in [0.5, 0.6) is 5.75 Å². The van der Waals surface area contributed by atoms with Gasteiger partial charge in [-0.3, -0.25) is 4.68 Å². The second kappa shape index (κ2) is 10.3. The fraction of sp³-hybridized carbons (Fsp3) is 0.464. The van der Waals surface area contributed by atoms with Crippen molar-refractivity contribution in [3.05, 3.63) is 36.2 Å². The monoisotopic (exact) mass is 533 g/mol. The number of fused-ring (bicyclic) bond motifs is 2. The first-order valence-corrected chi connectivity index (χ1v) is 13.0. The first kappa shape index (κ1) is 26.6. The fourth-order valence-electron chi connectivity index (χ4n) is 4.88. The first-order valence-electron chi connectivity index (χ1n) is 13.0. The van der Waals surface area contributed by atoms with Crippen molar-refractivity contribution in [3.8, 4) is 17.0 Å². The van der Waals surface area contributed by atoms with Gasteiger partial charge in [0.1, 0.15) is 22.7 Å². The third-order valence-corrected chi connectivity index (χ3v) is 6.67. The van der Waals surface area contributed by atoms with Gasteiger partial charge in [-0.05, 0) is 52.8 Å². The molecular formula is C28H35N7O4. The van der Waals surface area contributed by atoms with Crippen LogP contribution in [0.2, 0.25) is 0 Å². The van der Waals surface area contributed by atoms with E-state index >= 15 is 0 Å². The number of hydrogen-bond acceptors (Lipinski definition) is 9. The van der Waals surface area contributed by atoms with E-state index in [0.717, 1.165) is 33.5 Å². The summed E-state index contributed by atoms with van der Waals surface area (Å²) < 4.78 is 18.5. The van der Waals surface area contributed by atoms with Crippen molar-refractivity contribution >= 4 is 34.0 Å². The largest absolute Gasteiger partial charge is 0.466 e. The van der Waals surface area contributed by atoms with Crippen LogP contribution in [0.25, 0.3) is 33.3 Å². The molecule has 4 heterocycles. The van der Waals surface area contributed by atoms with Gasteiger partial charge in [0, 0.05) is 62.5 Å². The lowest BCUT2D eigenvalue weighted by Crippen LogP contribution is -2.55. The molecule has 1 aliphatic heterocycles. The van der Waals surface area contributed by atoms with Crippen molar-refractivity contribution in [3.63, 3.8) is 0 Å². The van der Waals surface area contributed by atoms with Gasteiger partial charge in [-0.2, -0.15) is 5.10 Å². The average molecular weight is 534 g/mol. The number of aryl methyl sites for hydroxylation is 2. The molecular weight excluding hydrogens is 498 g/mol. The molecule has 4 aromatic rings. The molecule has 39 heavy (non-hydrogen) atoms. The molecule has 11 nitrogen and oxygen atoms in total. The summed E-state index contributed by atoms with van der Waals surface area (Å²) in [5.41, 5.74) is 4.06. The third-order valence-electron chi connectivity index (χ3n) is 6.67. The Balaban J connectivity index is 1.41. The zero-order chi connectivity index (χ0) is 27.9. The number of carbonyl (C=O) groups is 1. The van der Waals surface area contributed by atoms with Gasteiger partial charge in [0.25, 0.3) is 0 Å². The van der Waals surface area contributed by atoms with E-state index in [1.54, 1.807) is 22.9 Å². The molecule has 3 aromatic heterocycles. The fourth-order valence-corrected chi connectivity index (χ4v) is 4.88. The minimum absolute atomic E-state index is 0.0252. The Morgan fingerprint density at radius 3 is 2.69 bits per heavy atom. The summed E-state index contributed by atoms with van der Waals surface area (Å²) in [6.45, 7) is 11.6. The summed E-state index contributed by atoms with van der Waals surface area (Å²) >= 11 is 0. The molecule has 1 saturated heterocycles. The highest BCUT2D eigenvalue weighted by molar-refractivity contribution is 5.91. The highest BCUT2D eigenvalue weighted by atomic mass is 16.7. The highest BCUT2D eigenvalue weighted by Crippen LogP contribution is 2.37. The number of nitrogens with zero attached hydrogens (tertiary/aromatic N) is 7. The van der Waals surface area contributed by atoms with Crippen LogP contribution in [0.1, 0.15) is 33.3 Å². The van der Waals surface area contributed by atoms with Crippen LogP contribution in [0.15, 0.2) is 30.6 Å². The number of rotatable bonds is 5. The number of methoxy groups -OCH3 is 1. The first-order chi connectivity index (χ1) is 18.5. The van der Waals surface area contributed by atoms with Crippen molar-refractivity contribution in [2.45, 2.75) is 46.3 Å². The zero-order valence-corrected chi connectivity index (χ0v) is 23.6. The topological polar surface area (TPSA) is 108 Å². The summed E-state index contributed by atoms with van der Waals surface area (Å²) in [6.07, 6.45) is 3.43. The number of benzene rings is 1. The van der Waals surface area contributed by atoms with E-state index in [-0.39, 0.29) is 18.9 Å². The summed E-state index contributed by atoms with van der Waals surface area (Å²) in [5.74, 6) is 1.43. The van der Waals surface area contributed by atoms with Crippen molar-refractivity contribution in [2.24, 2.45) is 7.05 Å². The second-order valence-electron chi connectivity index (χ2n) is 10.9. The van der Waals surface area contributed by atoms with Crippen LogP contribution in [-0.2, 0) is 16.5 Å². The number of carbonyl (C=O) groups excluding carboxylic acids is 1. The predicted octanol–water partition coefficient (Wildman–Crippen LogP) is 4.32. The molecule has 0 spiro atoms. The average Bonchev–Trinajstić information content (AvgIpc) is 3.27. The van der Waals surface area contributed by atoms with Crippen LogP contribution >= 0.6 is 0 Å². The van der Waals surface area contributed by atoms with Crippen molar-refractivity contribution in [1.29, 1.82) is 0 Å². The lowest BCUT2D eigenvalue weighted by Gasteiger charge is -2.40. The highest BCUT2D eigenvalue weighted by Gasteiger charge is 2.31. The standard InChI is InChI=1S/C28H35N7O4/c1-17-14-34(10-11-35(17)27(36)39-28(3,4)5)23-13-29-26-22(30-23)9-8-21(31-26)20-12-19-15-33(6)32-24(19)18(2)25(20)38-16-37-7/h8-9,12-13,15,17H,10-11,14,16H2,1-7H3. The molecule has 0 N–H and O–H groups in total. The number of anilines is 1. The SMILES string of the molecule is COCOc1c(-c2ccc3nc(N4CCN(C(=O)OC(C)(C)C)C(C)C4)cnc3n2)cc2cn(C)nc2c1C.